The van der Waals surface area contributed by atoms with Gasteiger partial charge in [0, 0.05) is 43.0 Å². The number of nitrogens with zero attached hydrogens (tertiary/aromatic N) is 4. The molecule has 4 aromatic rings. The van der Waals surface area contributed by atoms with Gasteiger partial charge in [0.05, 0.1) is 6.20 Å². The first-order chi connectivity index (χ1) is 20.7. The summed E-state index contributed by atoms with van der Waals surface area (Å²) in [7, 11) is 0. The van der Waals surface area contributed by atoms with Gasteiger partial charge in [-0.25, -0.2) is 9.78 Å². The Kier molecular flexibility index (Phi) is 8.33. The molecule has 0 aliphatic carbocycles. The van der Waals surface area contributed by atoms with Crippen molar-refractivity contribution in [2.45, 2.75) is 72.3 Å². The lowest BCUT2D eigenvalue weighted by Gasteiger charge is -2.36. The van der Waals surface area contributed by atoms with Crippen molar-refractivity contribution in [3.05, 3.63) is 64.6 Å². The summed E-state index contributed by atoms with van der Waals surface area (Å²) in [6, 6.07) is 13.6. The summed E-state index contributed by atoms with van der Waals surface area (Å²) in [5, 5.41) is 5.32. The minimum atomic E-state index is -0.715. The van der Waals surface area contributed by atoms with Gasteiger partial charge < -0.3 is 29.0 Å². The van der Waals surface area contributed by atoms with Gasteiger partial charge in [0.25, 0.3) is 5.56 Å². The predicted octanol–water partition coefficient (Wildman–Crippen LogP) is 5.71. The zero-order chi connectivity index (χ0) is 31.8. The number of carbonyl (C=O) groups is 2. The molecule has 1 saturated heterocycles. The topological polar surface area (TPSA) is 119 Å². The standard InChI is InChI=1S/C33H41N5O6/c1-21(22-12-13-27-24(18-22)23-10-8-9-11-26(23)42-27)35-25-19-34-30(38(29(25)40)20-28(39)43-32(2,3)4)36-14-16-37(17-15-36)31(41)44-33(5,6)7/h8-13,18-19,21,35H,14-17,20H2,1-7H3/t21-/m1/s1. The van der Waals surface area contributed by atoms with Crippen LogP contribution in [0.25, 0.3) is 21.9 Å². The van der Waals surface area contributed by atoms with Crippen molar-refractivity contribution in [1.29, 1.82) is 0 Å². The fraction of sp³-hybridized carbons (Fsp3) is 0.455. The number of furan rings is 1. The Bertz CT molecular complexity index is 1740. The van der Waals surface area contributed by atoms with Gasteiger partial charge in [-0.2, -0.15) is 0 Å². The molecule has 11 heteroatoms. The minimum Gasteiger partial charge on any atom is -0.459 e. The first-order valence-electron chi connectivity index (χ1n) is 14.9. The molecule has 234 valence electrons. The van der Waals surface area contributed by atoms with E-state index < -0.39 is 22.7 Å². The molecule has 44 heavy (non-hydrogen) atoms. The van der Waals surface area contributed by atoms with Crippen molar-refractivity contribution in [3.8, 4) is 0 Å². The van der Waals surface area contributed by atoms with Crippen LogP contribution < -0.4 is 15.8 Å². The zero-order valence-electron chi connectivity index (χ0n) is 26.5. The van der Waals surface area contributed by atoms with Crippen LogP contribution in [0.3, 0.4) is 0 Å². The van der Waals surface area contributed by atoms with Gasteiger partial charge >= 0.3 is 12.1 Å². The van der Waals surface area contributed by atoms with E-state index in [9.17, 15) is 14.4 Å². The van der Waals surface area contributed by atoms with Crippen LogP contribution in [-0.4, -0.2) is 63.9 Å². The second-order valence-corrected chi connectivity index (χ2v) is 13.1. The summed E-state index contributed by atoms with van der Waals surface area (Å²) >= 11 is 0. The van der Waals surface area contributed by atoms with Crippen LogP contribution in [0.5, 0.6) is 0 Å². The minimum absolute atomic E-state index is 0.249. The quantitative estimate of drug-likeness (QED) is 0.276. The largest absolute Gasteiger partial charge is 0.459 e. The van der Waals surface area contributed by atoms with Gasteiger partial charge in [-0.15, -0.1) is 0 Å². The van der Waals surface area contributed by atoms with Crippen molar-refractivity contribution in [2.75, 3.05) is 36.4 Å². The summed E-state index contributed by atoms with van der Waals surface area (Å²) < 4.78 is 18.4. The molecule has 1 aliphatic rings. The third kappa shape index (κ3) is 6.98. The van der Waals surface area contributed by atoms with E-state index in [0.29, 0.717) is 32.1 Å². The lowest BCUT2D eigenvalue weighted by Crippen LogP contribution is -2.51. The number of rotatable bonds is 6. The Morgan fingerprint density at radius 2 is 1.59 bits per heavy atom. The fourth-order valence-electron chi connectivity index (χ4n) is 5.23. The normalized spacial score (nSPS) is 15.0. The maximum atomic E-state index is 13.9. The molecule has 0 saturated carbocycles. The summed E-state index contributed by atoms with van der Waals surface area (Å²) in [4.78, 5) is 47.6. The third-order valence-corrected chi connectivity index (χ3v) is 7.22. The molecule has 3 heterocycles. The van der Waals surface area contributed by atoms with Crippen molar-refractivity contribution < 1.29 is 23.5 Å². The number of benzene rings is 2. The SMILES string of the molecule is C[C@@H](Nc1cnc(N2CCN(C(=O)OC(C)(C)C)CC2)n(CC(=O)OC(C)(C)C)c1=O)c1ccc2oc3ccccc3c2c1. The molecule has 11 nitrogen and oxygen atoms in total. The summed E-state index contributed by atoms with van der Waals surface area (Å²) in [6.45, 7) is 14.1. The highest BCUT2D eigenvalue weighted by molar-refractivity contribution is 6.05. The number of para-hydroxylation sites is 1. The first-order valence-corrected chi connectivity index (χ1v) is 14.9. The van der Waals surface area contributed by atoms with Crippen LogP contribution >= 0.6 is 0 Å². The van der Waals surface area contributed by atoms with Crippen molar-refractivity contribution >= 4 is 45.6 Å². The Morgan fingerprint density at radius 1 is 0.932 bits per heavy atom. The molecule has 1 amide bonds. The zero-order valence-corrected chi connectivity index (χ0v) is 26.5. The molecule has 0 unspecified atom stereocenters. The first kappa shape index (κ1) is 30.9. The number of piperazine rings is 1. The third-order valence-electron chi connectivity index (χ3n) is 7.22. The number of hydrogen-bond acceptors (Lipinski definition) is 9. The van der Waals surface area contributed by atoms with Gasteiger partial charge in [0.2, 0.25) is 5.95 Å². The predicted molar refractivity (Wildman–Crippen MR) is 170 cm³/mol. The highest BCUT2D eigenvalue weighted by atomic mass is 16.6. The lowest BCUT2D eigenvalue weighted by atomic mass is 10.0. The highest BCUT2D eigenvalue weighted by Gasteiger charge is 2.29. The van der Waals surface area contributed by atoms with Gasteiger partial charge in [-0.05, 0) is 72.2 Å². The smallest absolute Gasteiger partial charge is 0.410 e. The maximum absolute atomic E-state index is 13.9. The Hall–Kier alpha value is -4.54. The van der Waals surface area contributed by atoms with Crippen molar-refractivity contribution in [3.63, 3.8) is 0 Å². The molecule has 1 atom stereocenters. The summed E-state index contributed by atoms with van der Waals surface area (Å²) in [5.74, 6) is -0.202. The van der Waals surface area contributed by atoms with E-state index in [1.54, 1.807) is 25.7 Å². The number of amides is 1. The number of hydrogen-bond donors (Lipinski definition) is 1. The average molecular weight is 604 g/mol. The van der Waals surface area contributed by atoms with Gasteiger partial charge in [0.15, 0.2) is 0 Å². The number of aromatic nitrogens is 2. The molecule has 0 radical (unpaired) electrons. The molecular weight excluding hydrogens is 562 g/mol. The average Bonchev–Trinajstić information content (AvgIpc) is 3.31. The number of ether oxygens (including phenoxy) is 2. The fourth-order valence-corrected chi connectivity index (χ4v) is 5.23. The van der Waals surface area contributed by atoms with E-state index in [1.165, 1.54) is 10.8 Å². The molecular formula is C33H41N5O6. The molecule has 1 N–H and O–H groups in total. The molecule has 0 spiro atoms. The van der Waals surface area contributed by atoms with Crippen LogP contribution in [0.4, 0.5) is 16.4 Å². The van der Waals surface area contributed by atoms with Crippen molar-refractivity contribution in [1.82, 2.24) is 14.5 Å². The van der Waals surface area contributed by atoms with E-state index >= 15 is 0 Å². The van der Waals surface area contributed by atoms with E-state index in [0.717, 1.165) is 27.5 Å². The Labute approximate surface area is 256 Å². The summed E-state index contributed by atoms with van der Waals surface area (Å²) in [5.41, 5.74) is 1.13. The Balaban J connectivity index is 1.40. The van der Waals surface area contributed by atoms with E-state index in [-0.39, 0.29) is 24.4 Å². The second kappa shape index (κ2) is 11.9. The lowest BCUT2D eigenvalue weighted by molar-refractivity contribution is -0.155. The van der Waals surface area contributed by atoms with E-state index in [2.05, 4.69) is 16.4 Å². The second-order valence-electron chi connectivity index (χ2n) is 13.1. The molecule has 2 aromatic carbocycles. The number of carbonyl (C=O) groups excluding carboxylic acids is 2. The van der Waals surface area contributed by atoms with Gasteiger partial charge in [-0.3, -0.25) is 14.2 Å². The number of esters is 1. The van der Waals surface area contributed by atoms with E-state index in [4.69, 9.17) is 13.9 Å². The van der Waals surface area contributed by atoms with Crippen LogP contribution in [0, 0.1) is 0 Å². The van der Waals surface area contributed by atoms with Gasteiger partial charge in [-0.1, -0.05) is 24.3 Å². The highest BCUT2D eigenvalue weighted by Crippen LogP contribution is 2.31. The van der Waals surface area contributed by atoms with Crippen LogP contribution in [-0.2, 0) is 20.8 Å². The van der Waals surface area contributed by atoms with Crippen molar-refractivity contribution in [2.24, 2.45) is 0 Å². The van der Waals surface area contributed by atoms with Crippen LogP contribution in [0.1, 0.15) is 60.1 Å². The number of fused-ring (bicyclic) bond motifs is 3. The monoisotopic (exact) mass is 603 g/mol. The molecule has 1 aliphatic heterocycles. The Morgan fingerprint density at radius 3 is 2.27 bits per heavy atom. The van der Waals surface area contributed by atoms with Crippen LogP contribution in [0.15, 0.2) is 57.9 Å². The summed E-state index contributed by atoms with van der Waals surface area (Å²) in [6.07, 6.45) is 1.12. The van der Waals surface area contributed by atoms with Gasteiger partial charge in [0.1, 0.15) is 34.6 Å². The number of anilines is 2. The molecule has 2 aromatic heterocycles. The molecule has 0 bridgehead atoms. The van der Waals surface area contributed by atoms with Crippen LogP contribution in [0.2, 0.25) is 0 Å². The van der Waals surface area contributed by atoms with E-state index in [1.807, 2.05) is 69.0 Å². The molecule has 5 rings (SSSR count). The maximum Gasteiger partial charge on any atom is 0.410 e. The number of nitrogens with one attached hydrogen (secondary N) is 1. The molecule has 1 fully saturated rings.